The van der Waals surface area contributed by atoms with E-state index in [9.17, 15) is 14.4 Å². The highest BCUT2D eigenvalue weighted by atomic mass is 35.5. The van der Waals surface area contributed by atoms with Crippen LogP contribution in [0.3, 0.4) is 0 Å². The average Bonchev–Trinajstić information content (AvgIpc) is 2.90. The van der Waals surface area contributed by atoms with Gasteiger partial charge in [-0.2, -0.15) is 0 Å². The fraction of sp³-hybridized carbons (Fsp3) is 0.667. The van der Waals surface area contributed by atoms with E-state index in [0.717, 1.165) is 37.8 Å². The number of carbonyl (C=O) groups excluding carboxylic acids is 3. The lowest BCUT2D eigenvalue weighted by atomic mass is 9.88. The maximum absolute atomic E-state index is 13.4. The van der Waals surface area contributed by atoms with Gasteiger partial charge in [0.15, 0.2) is 0 Å². The van der Waals surface area contributed by atoms with Gasteiger partial charge in [0.25, 0.3) is 0 Å². The van der Waals surface area contributed by atoms with Gasteiger partial charge in [-0.05, 0) is 56.3 Å². The third kappa shape index (κ3) is 9.03. The molecule has 38 heavy (non-hydrogen) atoms. The molecule has 1 aromatic rings. The molecule has 4 amide bonds. The molecule has 2 heterocycles. The molecule has 1 aromatic carbocycles. The molecular weight excluding hydrogens is 510 g/mol. The van der Waals surface area contributed by atoms with Crippen LogP contribution < -0.4 is 16.0 Å². The summed E-state index contributed by atoms with van der Waals surface area (Å²) in [6.45, 7) is 3.25. The fourth-order valence-electron chi connectivity index (χ4n) is 5.44. The number of benzene rings is 1. The molecule has 2 fully saturated rings. The Kier molecular flexibility index (Phi) is 11.9. The normalized spacial score (nSPS) is 21.5. The van der Waals surface area contributed by atoms with Crippen molar-refractivity contribution in [3.8, 4) is 0 Å². The molecule has 0 saturated carbocycles. The summed E-state index contributed by atoms with van der Waals surface area (Å²) in [5.41, 5.74) is 0.951. The van der Waals surface area contributed by atoms with Crippen molar-refractivity contribution >= 4 is 29.6 Å². The van der Waals surface area contributed by atoms with Crippen LogP contribution in [0.15, 0.2) is 24.3 Å². The summed E-state index contributed by atoms with van der Waals surface area (Å²) in [4.78, 5) is 40.3. The van der Waals surface area contributed by atoms with Gasteiger partial charge in [0.2, 0.25) is 5.91 Å². The minimum absolute atomic E-state index is 0.0242. The number of likely N-dealkylation sites (tertiary alicyclic amines) is 2. The Morgan fingerprint density at radius 2 is 2.05 bits per heavy atom. The number of alkyl carbamates (subject to hydrolysis) is 1. The number of methoxy groups -OCH3 is 1. The Morgan fingerprint density at radius 1 is 1.24 bits per heavy atom. The van der Waals surface area contributed by atoms with Gasteiger partial charge < -0.3 is 35.2 Å². The third-order valence-corrected chi connectivity index (χ3v) is 7.56. The Hall–Kier alpha value is -2.56. The topological polar surface area (TPSA) is 112 Å². The minimum Gasteiger partial charge on any atom is -0.453 e. The van der Waals surface area contributed by atoms with Crippen LogP contribution in [-0.4, -0.2) is 94.4 Å². The number of urea groups is 1. The van der Waals surface area contributed by atoms with E-state index in [1.807, 2.05) is 43.3 Å². The molecule has 0 spiro atoms. The summed E-state index contributed by atoms with van der Waals surface area (Å²) >= 11 is 6.28. The Morgan fingerprint density at radius 3 is 2.76 bits per heavy atom. The molecule has 10 nitrogen and oxygen atoms in total. The second kappa shape index (κ2) is 15.1. The van der Waals surface area contributed by atoms with Gasteiger partial charge >= 0.3 is 12.1 Å². The van der Waals surface area contributed by atoms with E-state index in [0.29, 0.717) is 50.1 Å². The largest absolute Gasteiger partial charge is 0.453 e. The maximum atomic E-state index is 13.4. The zero-order chi connectivity index (χ0) is 27.5. The number of hydrogen-bond acceptors (Lipinski definition) is 6. The van der Waals surface area contributed by atoms with Crippen LogP contribution >= 0.6 is 11.6 Å². The van der Waals surface area contributed by atoms with Crippen LogP contribution in [0.2, 0.25) is 5.02 Å². The predicted molar refractivity (Wildman–Crippen MR) is 146 cm³/mol. The minimum atomic E-state index is -0.504. The number of carbonyl (C=O) groups is 3. The molecule has 0 aromatic heterocycles. The molecule has 11 heteroatoms. The molecule has 3 N–H and O–H groups in total. The zero-order valence-corrected chi connectivity index (χ0v) is 23.5. The lowest BCUT2D eigenvalue weighted by Crippen LogP contribution is -2.52. The number of likely N-dealkylation sites (N-methyl/N-ethyl adjacent to an activating group) is 1. The molecule has 4 unspecified atom stereocenters. The van der Waals surface area contributed by atoms with E-state index < -0.39 is 6.09 Å². The van der Waals surface area contributed by atoms with Gasteiger partial charge in [0, 0.05) is 63.2 Å². The number of amides is 4. The number of piperidine rings is 2. The van der Waals surface area contributed by atoms with Crippen molar-refractivity contribution in [2.75, 3.05) is 60.5 Å². The molecule has 0 radical (unpaired) electrons. The Balaban J connectivity index is 1.62. The van der Waals surface area contributed by atoms with Gasteiger partial charge in [0.05, 0.1) is 19.8 Å². The number of nitrogens with zero attached hydrogens (tertiary/aromatic N) is 2. The van der Waals surface area contributed by atoms with Gasteiger partial charge in [0.1, 0.15) is 0 Å². The zero-order valence-electron chi connectivity index (χ0n) is 22.7. The van der Waals surface area contributed by atoms with Crippen molar-refractivity contribution in [1.82, 2.24) is 25.8 Å². The molecule has 3 rings (SSSR count). The van der Waals surface area contributed by atoms with Crippen LogP contribution in [0, 0.1) is 11.8 Å². The van der Waals surface area contributed by atoms with E-state index in [-0.39, 0.29) is 30.0 Å². The van der Waals surface area contributed by atoms with Crippen LogP contribution in [0.4, 0.5) is 9.59 Å². The molecular formula is C27H42ClN5O5. The molecule has 212 valence electrons. The van der Waals surface area contributed by atoms with Gasteiger partial charge in [-0.1, -0.05) is 23.7 Å². The smallest absolute Gasteiger partial charge is 0.406 e. The highest BCUT2D eigenvalue weighted by Gasteiger charge is 2.33. The predicted octanol–water partition coefficient (Wildman–Crippen LogP) is 3.02. The molecule has 0 aliphatic carbocycles. The number of nitrogens with one attached hydrogen (secondary N) is 3. The standard InChI is InChI=1S/C27H42ClN5O5/c1-29-16-23(14-19-9-10-24(34)32(2)17-19)31-26(35)33-12-5-7-21(18-33)25(20-6-4-8-22(28)15-20)38-13-11-30-27(36)37-3/h4,6,8,15,19,21,23,25,29H,5,7,9-14,16-18H2,1-3H3,(H,30,36)(H,31,35). The van der Waals surface area contributed by atoms with Gasteiger partial charge in [-0.3, -0.25) is 4.79 Å². The van der Waals surface area contributed by atoms with Gasteiger partial charge in [-0.25, -0.2) is 9.59 Å². The number of ether oxygens (including phenoxy) is 2. The van der Waals surface area contributed by atoms with E-state index in [4.69, 9.17) is 16.3 Å². The summed E-state index contributed by atoms with van der Waals surface area (Å²) in [6.07, 6.45) is 3.24. The first-order chi connectivity index (χ1) is 18.3. The van der Waals surface area contributed by atoms with E-state index in [1.165, 1.54) is 7.11 Å². The van der Waals surface area contributed by atoms with Crippen LogP contribution in [0.1, 0.15) is 43.8 Å². The lowest BCUT2D eigenvalue weighted by molar-refractivity contribution is -0.133. The first-order valence-corrected chi connectivity index (χ1v) is 13.8. The summed E-state index contributed by atoms with van der Waals surface area (Å²) in [5, 5.41) is 9.70. The van der Waals surface area contributed by atoms with Gasteiger partial charge in [-0.15, -0.1) is 0 Å². The quantitative estimate of drug-likeness (QED) is 0.364. The summed E-state index contributed by atoms with van der Waals surface area (Å²) in [6, 6.07) is 7.50. The van der Waals surface area contributed by atoms with Crippen LogP contribution in [0.5, 0.6) is 0 Å². The summed E-state index contributed by atoms with van der Waals surface area (Å²) in [7, 11) is 5.05. The summed E-state index contributed by atoms with van der Waals surface area (Å²) < 4.78 is 10.9. The first-order valence-electron chi connectivity index (χ1n) is 13.4. The van der Waals surface area contributed by atoms with Crippen molar-refractivity contribution in [3.63, 3.8) is 0 Å². The highest BCUT2D eigenvalue weighted by molar-refractivity contribution is 6.30. The van der Waals surface area contributed by atoms with Crippen molar-refractivity contribution in [1.29, 1.82) is 0 Å². The average molecular weight is 552 g/mol. The molecule has 0 bridgehead atoms. The second-order valence-corrected chi connectivity index (χ2v) is 10.7. The Labute approximate surface area is 230 Å². The second-order valence-electron chi connectivity index (χ2n) is 10.2. The molecule has 2 aliphatic rings. The Bertz CT molecular complexity index is 935. The van der Waals surface area contributed by atoms with E-state index in [2.05, 4.69) is 20.7 Å². The maximum Gasteiger partial charge on any atom is 0.406 e. The monoisotopic (exact) mass is 551 g/mol. The number of halogens is 1. The molecule has 2 saturated heterocycles. The van der Waals surface area contributed by atoms with Crippen molar-refractivity contribution in [3.05, 3.63) is 34.9 Å². The van der Waals surface area contributed by atoms with E-state index >= 15 is 0 Å². The van der Waals surface area contributed by atoms with Crippen LogP contribution in [0.25, 0.3) is 0 Å². The molecule has 4 atom stereocenters. The fourth-order valence-corrected chi connectivity index (χ4v) is 5.64. The van der Waals surface area contributed by atoms with Crippen molar-refractivity contribution < 1.29 is 23.9 Å². The summed E-state index contributed by atoms with van der Waals surface area (Å²) in [5.74, 6) is 0.629. The van der Waals surface area contributed by atoms with Crippen molar-refractivity contribution in [2.24, 2.45) is 11.8 Å². The third-order valence-electron chi connectivity index (χ3n) is 7.32. The van der Waals surface area contributed by atoms with E-state index in [1.54, 1.807) is 4.90 Å². The number of hydrogen-bond donors (Lipinski definition) is 3. The SMILES string of the molecule is CNCC(CC1CCC(=O)N(C)C1)NC(=O)N1CCCC(C(OCCNC(=O)OC)c2cccc(Cl)c2)C1. The number of rotatable bonds is 11. The molecule has 2 aliphatic heterocycles. The van der Waals surface area contributed by atoms with Crippen molar-refractivity contribution in [2.45, 2.75) is 44.2 Å². The lowest BCUT2D eigenvalue weighted by Gasteiger charge is -2.38. The first kappa shape index (κ1) is 30.0. The van der Waals surface area contributed by atoms with Crippen LogP contribution in [-0.2, 0) is 14.3 Å². The highest BCUT2D eigenvalue weighted by Crippen LogP contribution is 2.34.